The summed E-state index contributed by atoms with van der Waals surface area (Å²) in [4.78, 5) is 0. The minimum Gasteiger partial charge on any atom is -0.489 e. The molecule has 0 aliphatic heterocycles. The smallest absolute Gasteiger partial charge is 0.130 e. The second kappa shape index (κ2) is 8.96. The Hall–Kier alpha value is -1.32. The van der Waals surface area contributed by atoms with Crippen molar-refractivity contribution >= 4 is 0 Å². The lowest BCUT2D eigenvalue weighted by molar-refractivity contribution is 0.172. The Bertz CT molecular complexity index is 449. The zero-order chi connectivity index (χ0) is 15.8. The van der Waals surface area contributed by atoms with Crippen molar-refractivity contribution in [3.05, 3.63) is 41.5 Å². The maximum atomic E-state index is 5.89. The van der Waals surface area contributed by atoms with Crippen LogP contribution in [0.1, 0.15) is 54.7 Å². The van der Waals surface area contributed by atoms with Gasteiger partial charge in [-0.15, -0.1) is 0 Å². The van der Waals surface area contributed by atoms with Crippen LogP contribution >= 0.6 is 0 Å². The third-order valence-electron chi connectivity index (χ3n) is 4.29. The van der Waals surface area contributed by atoms with Crippen molar-refractivity contribution < 1.29 is 14.2 Å². The Morgan fingerprint density at radius 1 is 1.05 bits per heavy atom. The molecule has 1 fully saturated rings. The second-order valence-corrected chi connectivity index (χ2v) is 5.97. The standard InChI is InChI=1S/C19H28O3/c1-4-10-22-19-17(13-20-2)11-16(12-18(19)14-21-3)15-8-6-5-7-9-15/h4,11-12,15H,1,5-10,13-14H2,2-3H3. The average Bonchev–Trinajstić information content (AvgIpc) is 2.55. The average molecular weight is 304 g/mol. The van der Waals surface area contributed by atoms with Gasteiger partial charge in [0, 0.05) is 25.3 Å². The fourth-order valence-corrected chi connectivity index (χ4v) is 3.31. The normalized spacial score (nSPS) is 15.7. The molecule has 3 heteroatoms. The van der Waals surface area contributed by atoms with Gasteiger partial charge in [-0.2, -0.15) is 0 Å². The second-order valence-electron chi connectivity index (χ2n) is 5.97. The third kappa shape index (κ3) is 4.34. The summed E-state index contributed by atoms with van der Waals surface area (Å²) in [5.41, 5.74) is 3.63. The first-order valence-corrected chi connectivity index (χ1v) is 8.17. The van der Waals surface area contributed by atoms with Gasteiger partial charge in [0.05, 0.1) is 13.2 Å². The van der Waals surface area contributed by atoms with E-state index in [1.165, 1.54) is 37.7 Å². The van der Waals surface area contributed by atoms with Gasteiger partial charge in [0.2, 0.25) is 0 Å². The van der Waals surface area contributed by atoms with Crippen LogP contribution in [0.25, 0.3) is 0 Å². The molecular weight excluding hydrogens is 276 g/mol. The topological polar surface area (TPSA) is 27.7 Å². The van der Waals surface area contributed by atoms with E-state index < -0.39 is 0 Å². The van der Waals surface area contributed by atoms with E-state index >= 15 is 0 Å². The molecule has 1 aliphatic rings. The lowest BCUT2D eigenvalue weighted by atomic mass is 9.83. The van der Waals surface area contributed by atoms with Crippen molar-refractivity contribution in [1.29, 1.82) is 0 Å². The minimum atomic E-state index is 0.496. The van der Waals surface area contributed by atoms with Crippen LogP contribution in [0.2, 0.25) is 0 Å². The highest BCUT2D eigenvalue weighted by Gasteiger charge is 2.20. The van der Waals surface area contributed by atoms with Gasteiger partial charge < -0.3 is 14.2 Å². The molecule has 0 N–H and O–H groups in total. The summed E-state index contributed by atoms with van der Waals surface area (Å²) in [5, 5.41) is 0. The largest absolute Gasteiger partial charge is 0.489 e. The number of methoxy groups -OCH3 is 2. The Morgan fingerprint density at radius 3 is 2.14 bits per heavy atom. The van der Waals surface area contributed by atoms with E-state index in [0.717, 1.165) is 16.9 Å². The molecule has 0 unspecified atom stereocenters. The van der Waals surface area contributed by atoms with Gasteiger partial charge in [-0.3, -0.25) is 0 Å². The highest BCUT2D eigenvalue weighted by Crippen LogP contribution is 2.37. The lowest BCUT2D eigenvalue weighted by Gasteiger charge is -2.24. The fourth-order valence-electron chi connectivity index (χ4n) is 3.31. The van der Waals surface area contributed by atoms with E-state index in [9.17, 15) is 0 Å². The maximum Gasteiger partial charge on any atom is 0.130 e. The Labute approximate surface area is 134 Å². The molecule has 1 aromatic rings. The number of hydrogen-bond donors (Lipinski definition) is 0. The molecule has 0 saturated heterocycles. The van der Waals surface area contributed by atoms with E-state index in [4.69, 9.17) is 14.2 Å². The molecule has 122 valence electrons. The zero-order valence-corrected chi connectivity index (χ0v) is 13.9. The molecule has 1 aromatic carbocycles. The van der Waals surface area contributed by atoms with E-state index in [2.05, 4.69) is 18.7 Å². The molecule has 0 aromatic heterocycles. The van der Waals surface area contributed by atoms with Crippen molar-refractivity contribution in [2.24, 2.45) is 0 Å². The summed E-state index contributed by atoms with van der Waals surface area (Å²) in [6.45, 7) is 5.35. The molecule has 0 radical (unpaired) electrons. The van der Waals surface area contributed by atoms with Crippen molar-refractivity contribution in [2.45, 2.75) is 51.2 Å². The minimum absolute atomic E-state index is 0.496. The fraction of sp³-hybridized carbons (Fsp3) is 0.579. The van der Waals surface area contributed by atoms with E-state index in [0.29, 0.717) is 25.7 Å². The molecule has 1 saturated carbocycles. The molecular formula is C19H28O3. The molecule has 0 heterocycles. The summed E-state index contributed by atoms with van der Waals surface area (Å²) in [6, 6.07) is 4.52. The Balaban J connectivity index is 2.36. The van der Waals surface area contributed by atoms with Gasteiger partial charge in [0.1, 0.15) is 12.4 Å². The molecule has 1 aliphatic carbocycles. The number of hydrogen-bond acceptors (Lipinski definition) is 3. The quantitative estimate of drug-likeness (QED) is 0.657. The molecule has 3 nitrogen and oxygen atoms in total. The number of ether oxygens (including phenoxy) is 3. The molecule has 0 amide bonds. The van der Waals surface area contributed by atoms with Gasteiger partial charge in [-0.1, -0.05) is 31.9 Å². The van der Waals surface area contributed by atoms with Crippen molar-refractivity contribution in [1.82, 2.24) is 0 Å². The SMILES string of the molecule is C=CCOc1c(COC)cc(C2CCCCC2)cc1COC. The van der Waals surface area contributed by atoms with Crippen LogP contribution in [0.4, 0.5) is 0 Å². The first-order valence-electron chi connectivity index (χ1n) is 8.17. The predicted molar refractivity (Wildman–Crippen MR) is 89.4 cm³/mol. The van der Waals surface area contributed by atoms with Gasteiger partial charge in [-0.25, -0.2) is 0 Å². The van der Waals surface area contributed by atoms with Gasteiger partial charge >= 0.3 is 0 Å². The monoisotopic (exact) mass is 304 g/mol. The van der Waals surface area contributed by atoms with Crippen LogP contribution in [0.15, 0.2) is 24.8 Å². The lowest BCUT2D eigenvalue weighted by Crippen LogP contribution is -2.09. The first-order chi connectivity index (χ1) is 10.8. The predicted octanol–water partition coefficient (Wildman–Crippen LogP) is 4.59. The summed E-state index contributed by atoms with van der Waals surface area (Å²) < 4.78 is 16.6. The van der Waals surface area contributed by atoms with E-state index in [1.54, 1.807) is 20.3 Å². The van der Waals surface area contributed by atoms with E-state index in [1.807, 2.05) is 0 Å². The summed E-state index contributed by atoms with van der Waals surface area (Å²) in [6.07, 6.45) is 8.36. The molecule has 0 spiro atoms. The Kier molecular flexibility index (Phi) is 6.94. The number of rotatable bonds is 8. The number of benzene rings is 1. The van der Waals surface area contributed by atoms with Gasteiger partial charge in [0.25, 0.3) is 0 Å². The summed E-state index contributed by atoms with van der Waals surface area (Å²) in [5.74, 6) is 1.55. The van der Waals surface area contributed by atoms with Gasteiger partial charge in [0.15, 0.2) is 0 Å². The first kappa shape index (κ1) is 17.0. The summed E-state index contributed by atoms with van der Waals surface area (Å²) in [7, 11) is 3.45. The van der Waals surface area contributed by atoms with Crippen LogP contribution in [0.5, 0.6) is 5.75 Å². The van der Waals surface area contributed by atoms with Crippen LogP contribution in [0.3, 0.4) is 0 Å². The van der Waals surface area contributed by atoms with Crippen molar-refractivity contribution in [3.8, 4) is 5.75 Å². The van der Waals surface area contributed by atoms with Crippen LogP contribution in [0, 0.1) is 0 Å². The molecule has 0 bridgehead atoms. The van der Waals surface area contributed by atoms with Crippen molar-refractivity contribution in [2.75, 3.05) is 20.8 Å². The third-order valence-corrected chi connectivity index (χ3v) is 4.29. The van der Waals surface area contributed by atoms with Crippen LogP contribution < -0.4 is 4.74 Å². The molecule has 2 rings (SSSR count). The summed E-state index contributed by atoms with van der Waals surface area (Å²) >= 11 is 0. The van der Waals surface area contributed by atoms with Crippen LogP contribution in [-0.4, -0.2) is 20.8 Å². The van der Waals surface area contributed by atoms with Crippen LogP contribution in [-0.2, 0) is 22.7 Å². The Morgan fingerprint density at radius 2 is 1.64 bits per heavy atom. The zero-order valence-electron chi connectivity index (χ0n) is 13.9. The molecule has 0 atom stereocenters. The van der Waals surface area contributed by atoms with E-state index in [-0.39, 0.29) is 0 Å². The molecule has 22 heavy (non-hydrogen) atoms. The maximum absolute atomic E-state index is 5.89. The highest BCUT2D eigenvalue weighted by molar-refractivity contribution is 5.45. The van der Waals surface area contributed by atoms with Crippen molar-refractivity contribution in [3.63, 3.8) is 0 Å². The highest BCUT2D eigenvalue weighted by atomic mass is 16.5. The van der Waals surface area contributed by atoms with Gasteiger partial charge in [-0.05, 0) is 36.5 Å².